The summed E-state index contributed by atoms with van der Waals surface area (Å²) in [6.07, 6.45) is 2.61. The Labute approximate surface area is 168 Å². The minimum absolute atomic E-state index is 0.182. The van der Waals surface area contributed by atoms with Crippen LogP contribution in [0.5, 0.6) is 0 Å². The fourth-order valence-corrected chi connectivity index (χ4v) is 3.84. The van der Waals surface area contributed by atoms with Crippen LogP contribution in [-0.4, -0.2) is 28.8 Å². The lowest BCUT2D eigenvalue weighted by molar-refractivity contribution is -0.366. The second-order valence-corrected chi connectivity index (χ2v) is 7.84. The molecule has 0 heterocycles. The maximum absolute atomic E-state index is 14.8. The van der Waals surface area contributed by atoms with Gasteiger partial charge < -0.3 is 5.11 Å². The van der Waals surface area contributed by atoms with Crippen LogP contribution in [0.4, 0.5) is 35.1 Å². The van der Waals surface area contributed by atoms with Gasteiger partial charge in [-0.3, -0.25) is 0 Å². The van der Waals surface area contributed by atoms with Crippen LogP contribution in [0, 0.1) is 5.92 Å². The van der Waals surface area contributed by atoms with Gasteiger partial charge in [-0.15, -0.1) is 0 Å². The standard InChI is InChI=1S/C20H22F8O2/c1-3-11-4-6-12(7-5-11)14-9-8-13(16(29)30)10-15(14)18(23,24)20(27,28)19(25,26)17(2,21)22/h8-12H,3-7H2,1-2H3,(H,29,30). The van der Waals surface area contributed by atoms with Gasteiger partial charge >= 0.3 is 29.7 Å². The van der Waals surface area contributed by atoms with Crippen molar-refractivity contribution in [1.82, 2.24) is 0 Å². The van der Waals surface area contributed by atoms with Crippen LogP contribution in [0.1, 0.15) is 73.4 Å². The highest BCUT2D eigenvalue weighted by Crippen LogP contribution is 2.57. The van der Waals surface area contributed by atoms with Gasteiger partial charge in [0, 0.05) is 12.5 Å². The summed E-state index contributed by atoms with van der Waals surface area (Å²) in [7, 11) is 0. The average molecular weight is 446 g/mol. The van der Waals surface area contributed by atoms with Crippen LogP contribution >= 0.6 is 0 Å². The van der Waals surface area contributed by atoms with E-state index in [1.54, 1.807) is 0 Å². The highest BCUT2D eigenvalue weighted by atomic mass is 19.4. The molecule has 10 heteroatoms. The molecule has 0 radical (unpaired) electrons. The number of halogens is 8. The van der Waals surface area contributed by atoms with E-state index in [9.17, 15) is 39.9 Å². The van der Waals surface area contributed by atoms with E-state index in [2.05, 4.69) is 0 Å². The summed E-state index contributed by atoms with van der Waals surface area (Å²) in [6, 6.07) is 1.98. The fraction of sp³-hybridized carbons (Fsp3) is 0.650. The Bertz CT molecular complexity index is 778. The lowest BCUT2D eigenvalue weighted by Gasteiger charge is -2.37. The largest absolute Gasteiger partial charge is 0.478 e. The van der Waals surface area contributed by atoms with Crippen molar-refractivity contribution in [3.05, 3.63) is 34.9 Å². The molecule has 1 fully saturated rings. The zero-order chi connectivity index (χ0) is 23.1. The molecular formula is C20H22F8O2. The molecule has 170 valence electrons. The number of carboxylic acid groups (broad SMARTS) is 1. The van der Waals surface area contributed by atoms with Crippen molar-refractivity contribution in [2.45, 2.75) is 75.6 Å². The van der Waals surface area contributed by atoms with Gasteiger partial charge in [0.1, 0.15) is 0 Å². The molecule has 0 saturated heterocycles. The monoisotopic (exact) mass is 446 g/mol. The van der Waals surface area contributed by atoms with E-state index in [0.29, 0.717) is 31.6 Å². The van der Waals surface area contributed by atoms with Crippen LogP contribution < -0.4 is 0 Å². The number of alkyl halides is 8. The summed E-state index contributed by atoms with van der Waals surface area (Å²) in [5.41, 5.74) is -2.91. The third kappa shape index (κ3) is 4.01. The van der Waals surface area contributed by atoms with Crippen LogP contribution in [0.3, 0.4) is 0 Å². The van der Waals surface area contributed by atoms with Crippen molar-refractivity contribution in [2.75, 3.05) is 0 Å². The molecule has 1 N–H and O–H groups in total. The SMILES string of the molecule is CCC1CCC(c2ccc(C(=O)O)cc2C(F)(F)C(F)(F)C(F)(F)C(C)(F)F)CC1. The lowest BCUT2D eigenvalue weighted by Crippen LogP contribution is -2.60. The number of hydrogen-bond donors (Lipinski definition) is 1. The first-order chi connectivity index (χ1) is 13.6. The molecule has 0 aliphatic heterocycles. The second-order valence-electron chi connectivity index (χ2n) is 7.84. The van der Waals surface area contributed by atoms with E-state index in [4.69, 9.17) is 5.11 Å². The average Bonchev–Trinajstić information content (AvgIpc) is 2.66. The van der Waals surface area contributed by atoms with Crippen molar-refractivity contribution >= 4 is 5.97 Å². The minimum Gasteiger partial charge on any atom is -0.478 e. The van der Waals surface area contributed by atoms with E-state index in [1.807, 2.05) is 6.92 Å². The molecule has 2 nitrogen and oxygen atoms in total. The van der Waals surface area contributed by atoms with Gasteiger partial charge in [-0.25, -0.2) is 4.79 Å². The minimum atomic E-state index is -6.47. The molecule has 1 aromatic carbocycles. The highest BCUT2D eigenvalue weighted by molar-refractivity contribution is 5.88. The summed E-state index contributed by atoms with van der Waals surface area (Å²) in [6.45, 7) is 1.36. The molecule has 0 aromatic heterocycles. The number of hydrogen-bond acceptors (Lipinski definition) is 1. The Hall–Kier alpha value is -1.87. The summed E-state index contributed by atoms with van der Waals surface area (Å²) in [4.78, 5) is 11.2. The number of carbonyl (C=O) groups is 1. The maximum Gasteiger partial charge on any atom is 0.382 e. The predicted molar refractivity (Wildman–Crippen MR) is 92.8 cm³/mol. The zero-order valence-corrected chi connectivity index (χ0v) is 16.3. The molecular weight excluding hydrogens is 424 g/mol. The van der Waals surface area contributed by atoms with Gasteiger partial charge in [0.25, 0.3) is 0 Å². The summed E-state index contributed by atoms with van der Waals surface area (Å²) in [5.74, 6) is -26.2. The predicted octanol–water partition coefficient (Wildman–Crippen LogP) is 7.09. The molecule has 1 saturated carbocycles. The number of aromatic carboxylic acids is 1. The van der Waals surface area contributed by atoms with Crippen molar-refractivity contribution < 1.29 is 45.0 Å². The van der Waals surface area contributed by atoms with Gasteiger partial charge in [-0.05, 0) is 55.2 Å². The van der Waals surface area contributed by atoms with E-state index in [-0.39, 0.29) is 6.07 Å². The van der Waals surface area contributed by atoms with E-state index in [1.165, 1.54) is 0 Å². The lowest BCUT2D eigenvalue weighted by atomic mass is 9.75. The first kappa shape index (κ1) is 24.4. The number of benzene rings is 1. The summed E-state index contributed by atoms with van der Waals surface area (Å²) < 4.78 is 112. The van der Waals surface area contributed by atoms with E-state index < -0.39 is 59.2 Å². The fourth-order valence-electron chi connectivity index (χ4n) is 3.84. The first-order valence-electron chi connectivity index (χ1n) is 9.46. The summed E-state index contributed by atoms with van der Waals surface area (Å²) >= 11 is 0. The molecule has 30 heavy (non-hydrogen) atoms. The maximum atomic E-state index is 14.8. The molecule has 0 spiro atoms. The smallest absolute Gasteiger partial charge is 0.382 e. The second kappa shape index (κ2) is 8.00. The normalized spacial score (nSPS) is 21.5. The van der Waals surface area contributed by atoms with E-state index >= 15 is 0 Å². The van der Waals surface area contributed by atoms with Crippen molar-refractivity contribution in [3.63, 3.8) is 0 Å². The molecule has 1 aromatic rings. The van der Waals surface area contributed by atoms with Gasteiger partial charge in [0.15, 0.2) is 0 Å². The Morgan fingerprint density at radius 3 is 1.93 bits per heavy atom. The number of rotatable bonds is 7. The van der Waals surface area contributed by atoms with E-state index in [0.717, 1.165) is 18.6 Å². The summed E-state index contributed by atoms with van der Waals surface area (Å²) in [5, 5.41) is 9.03. The van der Waals surface area contributed by atoms with Gasteiger partial charge in [-0.2, -0.15) is 35.1 Å². The van der Waals surface area contributed by atoms with Crippen LogP contribution in [0.2, 0.25) is 0 Å². The molecule has 1 aliphatic carbocycles. The number of carboxylic acids is 1. The van der Waals surface area contributed by atoms with Crippen molar-refractivity contribution in [3.8, 4) is 0 Å². The first-order valence-corrected chi connectivity index (χ1v) is 9.46. The van der Waals surface area contributed by atoms with Crippen molar-refractivity contribution in [2.24, 2.45) is 5.92 Å². The van der Waals surface area contributed by atoms with Gasteiger partial charge in [0.2, 0.25) is 0 Å². The topological polar surface area (TPSA) is 37.3 Å². The molecule has 0 atom stereocenters. The van der Waals surface area contributed by atoms with Crippen LogP contribution in [-0.2, 0) is 5.92 Å². The highest BCUT2D eigenvalue weighted by Gasteiger charge is 2.79. The molecule has 2 rings (SSSR count). The van der Waals surface area contributed by atoms with Gasteiger partial charge in [-0.1, -0.05) is 19.4 Å². The third-order valence-electron chi connectivity index (χ3n) is 5.84. The van der Waals surface area contributed by atoms with Crippen molar-refractivity contribution in [1.29, 1.82) is 0 Å². The zero-order valence-electron chi connectivity index (χ0n) is 16.3. The van der Waals surface area contributed by atoms with Crippen LogP contribution in [0.15, 0.2) is 18.2 Å². The molecule has 1 aliphatic rings. The third-order valence-corrected chi connectivity index (χ3v) is 5.84. The Morgan fingerprint density at radius 2 is 1.50 bits per heavy atom. The Morgan fingerprint density at radius 1 is 0.967 bits per heavy atom. The Balaban J connectivity index is 2.62. The Kier molecular flexibility index (Phi) is 6.50. The van der Waals surface area contributed by atoms with Gasteiger partial charge in [0.05, 0.1) is 5.56 Å². The molecule has 0 bridgehead atoms. The molecule has 0 unspecified atom stereocenters. The quantitative estimate of drug-likeness (QED) is 0.454. The van der Waals surface area contributed by atoms with Crippen LogP contribution in [0.25, 0.3) is 0 Å². The molecule has 0 amide bonds.